The van der Waals surface area contributed by atoms with Crippen molar-refractivity contribution in [3.05, 3.63) is 86.0 Å². The van der Waals surface area contributed by atoms with Crippen LogP contribution in [0.2, 0.25) is 0 Å². The van der Waals surface area contributed by atoms with Crippen molar-refractivity contribution in [2.45, 2.75) is 50.6 Å². The summed E-state index contributed by atoms with van der Waals surface area (Å²) in [4.78, 5) is 30.7. The van der Waals surface area contributed by atoms with Gasteiger partial charge in [0.25, 0.3) is 5.91 Å². The molecule has 3 aromatic rings. The summed E-state index contributed by atoms with van der Waals surface area (Å²) in [7, 11) is 0. The molecule has 5 rings (SSSR count). The zero-order valence-corrected chi connectivity index (χ0v) is 20.3. The maximum absolute atomic E-state index is 13.9. The highest BCUT2D eigenvalue weighted by Gasteiger charge is 2.47. The van der Waals surface area contributed by atoms with E-state index in [1.807, 2.05) is 65.7 Å². The normalized spacial score (nSPS) is 20.9. The van der Waals surface area contributed by atoms with Crippen LogP contribution in [0.3, 0.4) is 0 Å². The Labute approximate surface area is 200 Å². The van der Waals surface area contributed by atoms with Crippen molar-refractivity contribution >= 4 is 44.8 Å². The third kappa shape index (κ3) is 3.80. The Balaban J connectivity index is 1.62. The lowest BCUT2D eigenvalue weighted by molar-refractivity contribution is -0.119. The number of carbonyl (C=O) groups excluding carboxylic acids is 2. The monoisotopic (exact) mass is 508 g/mol. The number of benzene rings is 2. The second-order valence-electron chi connectivity index (χ2n) is 8.65. The fraction of sp³-hybridized carbons (Fsp3) is 0.308. The summed E-state index contributed by atoms with van der Waals surface area (Å²) in [5, 5.41) is 5.17. The van der Waals surface area contributed by atoms with Gasteiger partial charge in [-0.05, 0) is 76.5 Å². The molecule has 0 spiro atoms. The van der Waals surface area contributed by atoms with Gasteiger partial charge < -0.3 is 10.2 Å². The molecule has 2 aliphatic rings. The molecule has 2 amide bonds. The van der Waals surface area contributed by atoms with Crippen LogP contribution in [-0.4, -0.2) is 22.8 Å². The lowest BCUT2D eigenvalue weighted by Crippen LogP contribution is -2.49. The van der Waals surface area contributed by atoms with E-state index in [0.717, 1.165) is 51.8 Å². The van der Waals surface area contributed by atoms with E-state index in [1.54, 1.807) is 11.3 Å². The number of rotatable bonds is 4. The first-order valence-corrected chi connectivity index (χ1v) is 12.7. The van der Waals surface area contributed by atoms with E-state index in [0.29, 0.717) is 5.56 Å². The van der Waals surface area contributed by atoms with Crippen LogP contribution in [0.4, 0.5) is 5.69 Å². The molecule has 32 heavy (non-hydrogen) atoms. The molecule has 4 nitrogen and oxygen atoms in total. The Hall–Kier alpha value is -2.44. The van der Waals surface area contributed by atoms with Crippen LogP contribution >= 0.6 is 27.3 Å². The topological polar surface area (TPSA) is 49.4 Å². The molecule has 1 aliphatic heterocycles. The van der Waals surface area contributed by atoms with Crippen molar-refractivity contribution in [3.8, 4) is 0 Å². The van der Waals surface area contributed by atoms with E-state index in [4.69, 9.17) is 0 Å². The van der Waals surface area contributed by atoms with Crippen molar-refractivity contribution < 1.29 is 9.59 Å². The molecule has 2 atom stereocenters. The molecule has 0 unspecified atom stereocenters. The third-order valence-corrected chi connectivity index (χ3v) is 8.19. The Morgan fingerprint density at radius 1 is 1.09 bits per heavy atom. The van der Waals surface area contributed by atoms with E-state index >= 15 is 0 Å². The average molecular weight is 509 g/mol. The summed E-state index contributed by atoms with van der Waals surface area (Å²) in [5.41, 5.74) is 3.32. The number of aryl methyl sites for hydroxylation is 1. The molecule has 0 saturated heterocycles. The van der Waals surface area contributed by atoms with Crippen molar-refractivity contribution in [1.82, 2.24) is 4.90 Å². The molecule has 0 bridgehead atoms. The number of carbonyl (C=O) groups is 2. The second kappa shape index (κ2) is 8.83. The van der Waals surface area contributed by atoms with E-state index in [2.05, 4.69) is 27.3 Å². The Kier molecular flexibility index (Phi) is 5.91. The molecule has 2 heterocycles. The second-order valence-corrected chi connectivity index (χ2v) is 10.5. The van der Waals surface area contributed by atoms with E-state index < -0.39 is 5.92 Å². The van der Waals surface area contributed by atoms with Crippen molar-refractivity contribution in [1.29, 1.82) is 0 Å². The zero-order valence-electron chi connectivity index (χ0n) is 17.9. The molecule has 1 aromatic heterocycles. The standard InChI is InChI=1S/C26H25BrN2O2S/c1-16-12-13-21(20(27)15-16)28-25(30)23-18-9-4-5-10-19(18)26(31)29(17-7-2-3-8-17)24(23)22-11-6-14-32-22/h4-6,9-15,17,23-24H,2-3,7-8H2,1H3,(H,28,30)/t23-,24+/m1/s1. The van der Waals surface area contributed by atoms with Gasteiger partial charge in [-0.2, -0.15) is 0 Å². The number of nitrogens with one attached hydrogen (secondary N) is 1. The van der Waals surface area contributed by atoms with Crippen molar-refractivity contribution in [3.63, 3.8) is 0 Å². The van der Waals surface area contributed by atoms with Crippen LogP contribution in [0, 0.1) is 6.92 Å². The molecule has 0 radical (unpaired) electrons. The average Bonchev–Trinajstić information content (AvgIpc) is 3.50. The van der Waals surface area contributed by atoms with Gasteiger partial charge >= 0.3 is 0 Å². The third-order valence-electron chi connectivity index (χ3n) is 6.59. The number of hydrogen-bond acceptors (Lipinski definition) is 3. The van der Waals surface area contributed by atoms with Crippen LogP contribution < -0.4 is 5.32 Å². The molecule has 1 fully saturated rings. The predicted octanol–water partition coefficient (Wildman–Crippen LogP) is 6.68. The van der Waals surface area contributed by atoms with Gasteiger partial charge in [0.1, 0.15) is 0 Å². The van der Waals surface area contributed by atoms with Gasteiger partial charge in [0, 0.05) is 21.0 Å². The van der Waals surface area contributed by atoms with E-state index in [9.17, 15) is 9.59 Å². The minimum absolute atomic E-state index is 0.0477. The highest BCUT2D eigenvalue weighted by atomic mass is 79.9. The minimum atomic E-state index is -0.476. The molecule has 1 N–H and O–H groups in total. The van der Waals surface area contributed by atoms with Gasteiger partial charge in [-0.25, -0.2) is 0 Å². The van der Waals surface area contributed by atoms with Gasteiger partial charge in [0.2, 0.25) is 5.91 Å². The smallest absolute Gasteiger partial charge is 0.254 e. The van der Waals surface area contributed by atoms with Gasteiger partial charge in [0.15, 0.2) is 0 Å². The summed E-state index contributed by atoms with van der Waals surface area (Å²) in [6, 6.07) is 17.5. The lowest BCUT2D eigenvalue weighted by Gasteiger charge is -2.44. The van der Waals surface area contributed by atoms with Crippen LogP contribution in [0.1, 0.15) is 64.0 Å². The van der Waals surface area contributed by atoms with Crippen LogP contribution in [0.25, 0.3) is 0 Å². The minimum Gasteiger partial charge on any atom is -0.327 e. The largest absolute Gasteiger partial charge is 0.327 e. The molecule has 1 saturated carbocycles. The maximum Gasteiger partial charge on any atom is 0.254 e. The molecule has 164 valence electrons. The summed E-state index contributed by atoms with van der Waals surface area (Å²) >= 11 is 5.20. The fourth-order valence-electron chi connectivity index (χ4n) is 5.11. The number of anilines is 1. The first-order valence-electron chi connectivity index (χ1n) is 11.1. The summed E-state index contributed by atoms with van der Waals surface area (Å²) in [5.74, 6) is -0.515. The number of nitrogens with zero attached hydrogens (tertiary/aromatic N) is 1. The first kappa shape index (κ1) is 21.4. The van der Waals surface area contributed by atoms with Gasteiger partial charge in [0.05, 0.1) is 17.6 Å². The van der Waals surface area contributed by atoms with E-state index in [1.165, 1.54) is 0 Å². The molecule has 1 aliphatic carbocycles. The van der Waals surface area contributed by atoms with Crippen LogP contribution in [-0.2, 0) is 4.79 Å². The Morgan fingerprint density at radius 2 is 1.88 bits per heavy atom. The lowest BCUT2D eigenvalue weighted by atomic mass is 9.80. The SMILES string of the molecule is Cc1ccc(NC(=O)[C@@H]2c3ccccc3C(=O)N(C3CCCC3)[C@H]2c2cccs2)c(Br)c1. The highest BCUT2D eigenvalue weighted by Crippen LogP contribution is 2.47. The quantitative estimate of drug-likeness (QED) is 0.427. The number of thiophene rings is 1. The molecule has 2 aromatic carbocycles. The predicted molar refractivity (Wildman–Crippen MR) is 132 cm³/mol. The fourth-order valence-corrected chi connectivity index (χ4v) is 6.56. The zero-order chi connectivity index (χ0) is 22.2. The van der Waals surface area contributed by atoms with Gasteiger partial charge in [-0.3, -0.25) is 9.59 Å². The summed E-state index contributed by atoms with van der Waals surface area (Å²) in [6.07, 6.45) is 4.24. The molecular formula is C26H25BrN2O2S. The molecule has 6 heteroatoms. The van der Waals surface area contributed by atoms with Crippen molar-refractivity contribution in [2.75, 3.05) is 5.32 Å². The Morgan fingerprint density at radius 3 is 2.59 bits per heavy atom. The highest BCUT2D eigenvalue weighted by molar-refractivity contribution is 9.10. The number of amides is 2. The maximum atomic E-state index is 13.9. The summed E-state index contributed by atoms with van der Waals surface area (Å²) < 4.78 is 0.853. The number of halogens is 1. The first-order chi connectivity index (χ1) is 15.5. The number of hydrogen-bond donors (Lipinski definition) is 1. The molecular weight excluding hydrogens is 484 g/mol. The van der Waals surface area contributed by atoms with Gasteiger partial charge in [-0.15, -0.1) is 11.3 Å². The Bertz CT molecular complexity index is 1150. The number of fused-ring (bicyclic) bond motifs is 1. The van der Waals surface area contributed by atoms with Crippen LogP contribution in [0.15, 0.2) is 64.5 Å². The van der Waals surface area contributed by atoms with Gasteiger partial charge in [-0.1, -0.05) is 43.2 Å². The van der Waals surface area contributed by atoms with E-state index in [-0.39, 0.29) is 23.9 Å². The van der Waals surface area contributed by atoms with Crippen LogP contribution in [0.5, 0.6) is 0 Å². The summed E-state index contributed by atoms with van der Waals surface area (Å²) in [6.45, 7) is 2.02. The van der Waals surface area contributed by atoms with Crippen molar-refractivity contribution in [2.24, 2.45) is 0 Å².